The number of benzene rings is 2. The van der Waals surface area contributed by atoms with Gasteiger partial charge in [0.25, 0.3) is 0 Å². The second kappa shape index (κ2) is 8.76. The van der Waals surface area contributed by atoms with Gasteiger partial charge in [-0.2, -0.15) is 0 Å². The number of rotatable bonds is 6. The average Bonchev–Trinajstić information content (AvgIpc) is 2.58. The number of nitrogens with two attached hydrogens (primary N) is 1. The molecule has 0 aliphatic carbocycles. The zero-order valence-electron chi connectivity index (χ0n) is 15.1. The second-order valence-corrected chi connectivity index (χ2v) is 7.76. The van der Waals surface area contributed by atoms with Crippen molar-refractivity contribution in [1.29, 1.82) is 0 Å². The van der Waals surface area contributed by atoms with Gasteiger partial charge >= 0.3 is 11.8 Å². The van der Waals surface area contributed by atoms with E-state index in [1.54, 1.807) is 24.3 Å². The van der Waals surface area contributed by atoms with Crippen LogP contribution in [-0.4, -0.2) is 39.2 Å². The van der Waals surface area contributed by atoms with E-state index in [1.807, 2.05) is 25.1 Å². The summed E-state index contributed by atoms with van der Waals surface area (Å²) in [5.41, 5.74) is 1.79. The molecule has 0 aromatic heterocycles. The maximum Gasteiger partial charge on any atom is 0.313 e. The first-order chi connectivity index (χ1) is 12.7. The summed E-state index contributed by atoms with van der Waals surface area (Å²) in [4.78, 5) is 26.0. The fourth-order valence-electron chi connectivity index (χ4n) is 2.48. The quantitative estimate of drug-likeness (QED) is 0.625. The van der Waals surface area contributed by atoms with Crippen LogP contribution in [0.3, 0.4) is 0 Å². The van der Waals surface area contributed by atoms with Crippen LogP contribution in [0.25, 0.3) is 0 Å². The van der Waals surface area contributed by atoms with Gasteiger partial charge in [-0.1, -0.05) is 30.3 Å². The minimum absolute atomic E-state index is 0.0953. The van der Waals surface area contributed by atoms with Crippen LogP contribution in [-0.2, 0) is 32.7 Å². The van der Waals surface area contributed by atoms with Crippen LogP contribution in [0.4, 0.5) is 5.69 Å². The van der Waals surface area contributed by atoms with Gasteiger partial charge < -0.3 is 15.5 Å². The van der Waals surface area contributed by atoms with E-state index in [0.717, 1.165) is 5.56 Å². The Hall–Kier alpha value is -2.75. The molecule has 0 unspecified atom stereocenters. The summed E-state index contributed by atoms with van der Waals surface area (Å²) in [6.07, 6.45) is 0. The molecule has 0 spiro atoms. The average molecular weight is 390 g/mol. The minimum Gasteiger partial charge on any atom is -0.344 e. The Morgan fingerprint density at radius 1 is 1.04 bits per heavy atom. The highest BCUT2D eigenvalue weighted by atomic mass is 32.2. The first-order valence-corrected chi connectivity index (χ1v) is 9.65. The van der Waals surface area contributed by atoms with Gasteiger partial charge in [0.2, 0.25) is 10.0 Å². The third kappa shape index (κ3) is 6.17. The molecule has 2 amide bonds. The van der Waals surface area contributed by atoms with Crippen LogP contribution in [0.5, 0.6) is 0 Å². The Labute approximate surface area is 158 Å². The smallest absolute Gasteiger partial charge is 0.313 e. The second-order valence-electron chi connectivity index (χ2n) is 6.23. The van der Waals surface area contributed by atoms with Gasteiger partial charge in [-0.05, 0) is 43.4 Å². The Bertz CT molecular complexity index is 942. The Kier molecular flexibility index (Phi) is 6.67. The van der Waals surface area contributed by atoms with E-state index in [4.69, 9.17) is 5.14 Å². The Balaban J connectivity index is 2.00. The van der Waals surface area contributed by atoms with Crippen molar-refractivity contribution in [3.05, 3.63) is 59.7 Å². The lowest BCUT2D eigenvalue weighted by atomic mass is 10.2. The van der Waals surface area contributed by atoms with Crippen molar-refractivity contribution in [3.63, 3.8) is 0 Å². The van der Waals surface area contributed by atoms with Crippen LogP contribution in [0.15, 0.2) is 53.4 Å². The number of nitrogens with one attached hydrogen (secondary N) is 2. The minimum atomic E-state index is -3.92. The van der Waals surface area contributed by atoms with E-state index < -0.39 is 21.8 Å². The number of amides is 2. The SMILES string of the molecule is CN(C)Cc1cccc(NC(=O)C(=O)NCc2ccccc2S(N)(=O)=O)c1. The molecule has 0 heterocycles. The van der Waals surface area contributed by atoms with Gasteiger partial charge in [0.1, 0.15) is 0 Å². The van der Waals surface area contributed by atoms with Crippen LogP contribution in [0.2, 0.25) is 0 Å². The molecule has 2 aromatic rings. The van der Waals surface area contributed by atoms with Gasteiger partial charge in [-0.3, -0.25) is 9.59 Å². The lowest BCUT2D eigenvalue weighted by Crippen LogP contribution is -2.35. The van der Waals surface area contributed by atoms with Gasteiger partial charge in [-0.15, -0.1) is 0 Å². The van der Waals surface area contributed by atoms with E-state index in [2.05, 4.69) is 10.6 Å². The Morgan fingerprint density at radius 2 is 1.74 bits per heavy atom. The summed E-state index contributed by atoms with van der Waals surface area (Å²) in [6, 6.07) is 13.2. The molecule has 0 aliphatic heterocycles. The summed E-state index contributed by atoms with van der Waals surface area (Å²) in [7, 11) is -0.0635. The largest absolute Gasteiger partial charge is 0.344 e. The van der Waals surface area contributed by atoms with Crippen LogP contribution in [0, 0.1) is 0 Å². The highest BCUT2D eigenvalue weighted by Crippen LogP contribution is 2.14. The lowest BCUT2D eigenvalue weighted by Gasteiger charge is -2.12. The summed E-state index contributed by atoms with van der Waals surface area (Å²) in [6.45, 7) is 0.555. The summed E-state index contributed by atoms with van der Waals surface area (Å²) >= 11 is 0. The molecule has 4 N–H and O–H groups in total. The van der Waals surface area contributed by atoms with Crippen molar-refractivity contribution in [1.82, 2.24) is 10.2 Å². The number of sulfonamides is 1. The van der Waals surface area contributed by atoms with Crippen LogP contribution in [0.1, 0.15) is 11.1 Å². The molecule has 2 rings (SSSR count). The molecule has 0 fully saturated rings. The van der Waals surface area contributed by atoms with Crippen LogP contribution >= 0.6 is 0 Å². The molecule has 0 atom stereocenters. The van der Waals surface area contributed by atoms with Crippen molar-refractivity contribution in [3.8, 4) is 0 Å². The number of carbonyl (C=O) groups excluding carboxylic acids is 2. The van der Waals surface area contributed by atoms with Gasteiger partial charge in [0.15, 0.2) is 0 Å². The van der Waals surface area contributed by atoms with Crippen molar-refractivity contribution < 1.29 is 18.0 Å². The van der Waals surface area contributed by atoms with E-state index >= 15 is 0 Å². The maximum atomic E-state index is 12.1. The predicted octanol–water partition coefficient (Wildman–Crippen LogP) is 0.651. The predicted molar refractivity (Wildman–Crippen MR) is 102 cm³/mol. The molecule has 0 radical (unpaired) electrons. The third-order valence-corrected chi connectivity index (χ3v) is 4.62. The molecule has 144 valence electrons. The zero-order chi connectivity index (χ0) is 20.0. The number of hydrogen-bond donors (Lipinski definition) is 3. The lowest BCUT2D eigenvalue weighted by molar-refractivity contribution is -0.136. The van der Waals surface area contributed by atoms with Crippen molar-refractivity contribution >= 4 is 27.5 Å². The molecular formula is C18H22N4O4S. The molecule has 0 aliphatic rings. The first kappa shape index (κ1) is 20.6. The molecule has 8 nitrogen and oxygen atoms in total. The normalized spacial score (nSPS) is 11.3. The standard InChI is InChI=1S/C18H22N4O4S/c1-22(2)12-13-6-5-8-15(10-13)21-18(24)17(23)20-11-14-7-3-4-9-16(14)27(19,25)26/h3-10H,11-12H2,1-2H3,(H,20,23)(H,21,24)(H2,19,25,26). The fourth-order valence-corrected chi connectivity index (χ4v) is 3.26. The monoisotopic (exact) mass is 390 g/mol. The van der Waals surface area contributed by atoms with Crippen LogP contribution < -0.4 is 15.8 Å². The number of primary sulfonamides is 1. The maximum absolute atomic E-state index is 12.1. The molecule has 0 bridgehead atoms. The fraction of sp³-hybridized carbons (Fsp3) is 0.222. The first-order valence-electron chi connectivity index (χ1n) is 8.10. The summed E-state index contributed by atoms with van der Waals surface area (Å²) < 4.78 is 23.1. The number of carbonyl (C=O) groups is 2. The number of hydrogen-bond acceptors (Lipinski definition) is 5. The van der Waals surface area contributed by atoms with Crippen molar-refractivity contribution in [2.75, 3.05) is 19.4 Å². The highest BCUT2D eigenvalue weighted by molar-refractivity contribution is 7.89. The van der Waals surface area contributed by atoms with Gasteiger partial charge in [0, 0.05) is 18.8 Å². The topological polar surface area (TPSA) is 122 Å². The molecule has 0 saturated heterocycles. The molecule has 9 heteroatoms. The molecule has 27 heavy (non-hydrogen) atoms. The van der Waals surface area contributed by atoms with E-state index in [1.165, 1.54) is 18.2 Å². The van der Waals surface area contributed by atoms with Gasteiger partial charge in [-0.25, -0.2) is 13.6 Å². The van der Waals surface area contributed by atoms with E-state index in [-0.39, 0.29) is 11.4 Å². The van der Waals surface area contributed by atoms with E-state index in [0.29, 0.717) is 17.8 Å². The third-order valence-electron chi connectivity index (χ3n) is 3.61. The molecule has 0 saturated carbocycles. The summed E-state index contributed by atoms with van der Waals surface area (Å²) in [5.74, 6) is -1.72. The highest BCUT2D eigenvalue weighted by Gasteiger charge is 2.17. The number of anilines is 1. The molecular weight excluding hydrogens is 368 g/mol. The zero-order valence-corrected chi connectivity index (χ0v) is 15.9. The van der Waals surface area contributed by atoms with Gasteiger partial charge in [0.05, 0.1) is 4.90 Å². The Morgan fingerprint density at radius 3 is 2.41 bits per heavy atom. The van der Waals surface area contributed by atoms with E-state index in [9.17, 15) is 18.0 Å². The van der Waals surface area contributed by atoms with Crippen molar-refractivity contribution in [2.45, 2.75) is 18.0 Å². The summed E-state index contributed by atoms with van der Waals surface area (Å²) in [5, 5.41) is 10.1. The molecule has 2 aromatic carbocycles. The van der Waals surface area contributed by atoms with Crippen molar-refractivity contribution in [2.24, 2.45) is 5.14 Å². The number of nitrogens with zero attached hydrogens (tertiary/aromatic N) is 1.